The van der Waals surface area contributed by atoms with Crippen molar-refractivity contribution in [3.8, 4) is 0 Å². The van der Waals surface area contributed by atoms with E-state index in [1.165, 1.54) is 0 Å². The number of carbonyl (C=O) groups excluding carboxylic acids is 2. The molecule has 7 nitrogen and oxygen atoms in total. The molecule has 37 heavy (non-hydrogen) atoms. The minimum Gasteiger partial charge on any atom is -0.393 e. The van der Waals surface area contributed by atoms with Crippen molar-refractivity contribution in [2.75, 3.05) is 0 Å². The molecule has 0 fully saturated rings. The third kappa shape index (κ3) is 4.20. The Morgan fingerprint density at radius 1 is 0.595 bits per heavy atom. The summed E-state index contributed by atoms with van der Waals surface area (Å²) in [5, 5.41) is 0. The number of allylic oxidation sites excluding steroid dienone is 4. The van der Waals surface area contributed by atoms with Gasteiger partial charge in [-0.15, -0.1) is 0 Å². The number of fused-ring (bicyclic) bond motifs is 6. The van der Waals surface area contributed by atoms with E-state index in [0.29, 0.717) is 12.8 Å². The maximum Gasteiger partial charge on any atom is 0.313 e. The third-order valence-corrected chi connectivity index (χ3v) is 7.46. The van der Waals surface area contributed by atoms with Crippen LogP contribution < -0.4 is 0 Å². The number of nitrogens with zero attached hydrogens (tertiary/aromatic N) is 2. The third-order valence-electron chi connectivity index (χ3n) is 7.46. The Labute approximate surface area is 214 Å². The second-order valence-electron chi connectivity index (χ2n) is 10.0. The zero-order chi connectivity index (χ0) is 25.8. The second-order valence-corrected chi connectivity index (χ2v) is 10.0. The molecule has 3 aromatic heterocycles. The summed E-state index contributed by atoms with van der Waals surface area (Å²) in [6, 6.07) is 12.5. The number of nitrogens with one attached hydrogen (secondary N) is 2. The maximum atomic E-state index is 12.4. The highest BCUT2D eigenvalue weighted by Crippen LogP contribution is 2.38. The van der Waals surface area contributed by atoms with E-state index in [4.69, 9.17) is 14.7 Å². The maximum absolute atomic E-state index is 12.4. The highest BCUT2D eigenvalue weighted by Gasteiger charge is 2.24. The van der Waals surface area contributed by atoms with E-state index >= 15 is 0 Å². The van der Waals surface area contributed by atoms with Gasteiger partial charge in [0.15, 0.2) is 0 Å². The molecule has 2 N–H and O–H groups in total. The molecule has 6 heterocycles. The van der Waals surface area contributed by atoms with Crippen LogP contribution in [0.2, 0.25) is 0 Å². The van der Waals surface area contributed by atoms with Crippen molar-refractivity contribution in [2.45, 2.75) is 53.4 Å². The number of carbonyl (C=O) groups is 2. The summed E-state index contributed by atoms with van der Waals surface area (Å²) in [6.45, 7) is 8.22. The van der Waals surface area contributed by atoms with Crippen LogP contribution in [0.5, 0.6) is 0 Å². The quantitative estimate of drug-likeness (QED) is 0.278. The lowest BCUT2D eigenvalue weighted by Gasteiger charge is -2.09. The van der Waals surface area contributed by atoms with Crippen LogP contribution in [0.3, 0.4) is 0 Å². The summed E-state index contributed by atoms with van der Waals surface area (Å²) in [7, 11) is 0. The molecule has 0 aliphatic carbocycles. The van der Waals surface area contributed by atoms with Crippen LogP contribution in [0.4, 0.5) is 0 Å². The Morgan fingerprint density at radius 2 is 1.08 bits per heavy atom. The number of esters is 2. The summed E-state index contributed by atoms with van der Waals surface area (Å²) < 4.78 is 5.11. The first-order valence-electron chi connectivity index (χ1n) is 12.6. The molecular formula is C30H28N4O3. The summed E-state index contributed by atoms with van der Waals surface area (Å²) in [4.78, 5) is 41.8. The number of hydrogen-bond donors (Lipinski definition) is 2. The van der Waals surface area contributed by atoms with Crippen molar-refractivity contribution in [1.82, 2.24) is 19.9 Å². The van der Waals surface area contributed by atoms with Crippen LogP contribution in [0, 0.1) is 13.8 Å². The van der Waals surface area contributed by atoms with E-state index in [2.05, 4.69) is 48.1 Å². The van der Waals surface area contributed by atoms with Crippen molar-refractivity contribution in [1.29, 1.82) is 0 Å². The van der Waals surface area contributed by atoms with Crippen LogP contribution in [0.15, 0.2) is 36.4 Å². The van der Waals surface area contributed by atoms with Gasteiger partial charge in [-0.1, -0.05) is 0 Å². The Hall–Kier alpha value is -4.26. The number of aromatic amines is 2. The summed E-state index contributed by atoms with van der Waals surface area (Å²) in [5.74, 6) is -1.01. The molecule has 0 aromatic carbocycles. The fourth-order valence-corrected chi connectivity index (χ4v) is 5.32. The van der Waals surface area contributed by atoms with Gasteiger partial charge in [-0.3, -0.25) is 9.59 Å². The fraction of sp³-hybridized carbons (Fsp3) is 0.267. The second kappa shape index (κ2) is 8.69. The minimum absolute atomic E-state index is 0.118. The molecule has 0 amide bonds. The Balaban J connectivity index is 1.71. The highest BCUT2D eigenvalue weighted by molar-refractivity contribution is 5.97. The number of cyclic esters (lactones) is 2. The predicted octanol–water partition coefficient (Wildman–Crippen LogP) is 6.44. The average molecular weight is 493 g/mol. The number of ether oxygens (including phenoxy) is 1. The molecule has 3 aliphatic heterocycles. The topological polar surface area (TPSA) is 101 Å². The fourth-order valence-electron chi connectivity index (χ4n) is 5.32. The molecule has 0 radical (unpaired) electrons. The number of aromatic nitrogens is 4. The zero-order valence-electron chi connectivity index (χ0n) is 21.4. The van der Waals surface area contributed by atoms with Crippen LogP contribution in [-0.2, 0) is 14.3 Å². The van der Waals surface area contributed by atoms with Gasteiger partial charge in [-0.2, -0.15) is 0 Å². The molecule has 0 atom stereocenters. The molecule has 8 bridgehead atoms. The van der Waals surface area contributed by atoms with Gasteiger partial charge in [-0.05, 0) is 110 Å². The summed E-state index contributed by atoms with van der Waals surface area (Å²) >= 11 is 0. The largest absolute Gasteiger partial charge is 0.393 e. The van der Waals surface area contributed by atoms with Gasteiger partial charge in [0.2, 0.25) is 0 Å². The van der Waals surface area contributed by atoms with E-state index in [9.17, 15) is 9.59 Å². The number of rotatable bonds is 0. The van der Waals surface area contributed by atoms with Crippen LogP contribution in [0.1, 0.15) is 73.4 Å². The first-order chi connectivity index (χ1) is 17.7. The lowest BCUT2D eigenvalue weighted by atomic mass is 9.98. The number of aryl methyl sites for hydroxylation is 2. The van der Waals surface area contributed by atoms with Gasteiger partial charge in [-0.25, -0.2) is 9.97 Å². The van der Waals surface area contributed by atoms with E-state index in [0.717, 1.165) is 78.3 Å². The van der Waals surface area contributed by atoms with Crippen LogP contribution in [-0.4, -0.2) is 31.9 Å². The van der Waals surface area contributed by atoms with Gasteiger partial charge < -0.3 is 14.7 Å². The van der Waals surface area contributed by atoms with Crippen molar-refractivity contribution in [2.24, 2.45) is 0 Å². The molecule has 3 aliphatic rings. The predicted molar refractivity (Wildman–Crippen MR) is 145 cm³/mol. The molecule has 0 saturated carbocycles. The monoisotopic (exact) mass is 492 g/mol. The first-order valence-corrected chi connectivity index (χ1v) is 12.6. The van der Waals surface area contributed by atoms with Crippen molar-refractivity contribution >= 4 is 56.3 Å². The Morgan fingerprint density at radius 3 is 1.65 bits per heavy atom. The first kappa shape index (κ1) is 23.2. The average Bonchev–Trinajstić information content (AvgIpc) is 3.52. The molecule has 186 valence electrons. The minimum atomic E-state index is -0.505. The standard InChI is InChI=1S/C30H28N4O3/c1-15-9-20-12-25-17(3)21-5-7-29(35)37-30(36)8-6-22-18(4)26(34-28(22)14-27(21)33-25)13-24-16(2)10-19(32-24)11-23(15)31-20/h9-14,31-32H,5-8H2,1-4H3. The van der Waals surface area contributed by atoms with Gasteiger partial charge in [0.1, 0.15) is 0 Å². The van der Waals surface area contributed by atoms with Gasteiger partial charge in [0.25, 0.3) is 0 Å². The van der Waals surface area contributed by atoms with Crippen molar-refractivity contribution in [3.05, 3.63) is 70.3 Å². The Bertz CT molecular complexity index is 1730. The summed E-state index contributed by atoms with van der Waals surface area (Å²) in [6.07, 6.45) is 1.11. The zero-order valence-corrected chi connectivity index (χ0v) is 21.4. The van der Waals surface area contributed by atoms with E-state index in [1.54, 1.807) is 0 Å². The molecular weight excluding hydrogens is 464 g/mol. The van der Waals surface area contributed by atoms with E-state index < -0.39 is 11.9 Å². The lowest BCUT2D eigenvalue weighted by Crippen LogP contribution is -2.12. The van der Waals surface area contributed by atoms with E-state index in [1.807, 2.05) is 26.0 Å². The lowest BCUT2D eigenvalue weighted by molar-refractivity contribution is -0.159. The van der Waals surface area contributed by atoms with Gasteiger partial charge in [0, 0.05) is 22.1 Å². The summed E-state index contributed by atoms with van der Waals surface area (Å²) in [5.41, 5.74) is 13.5. The molecule has 0 saturated heterocycles. The van der Waals surface area contributed by atoms with Gasteiger partial charge >= 0.3 is 11.9 Å². The number of H-pyrrole nitrogens is 2. The highest BCUT2D eigenvalue weighted by atomic mass is 16.6. The molecule has 0 spiro atoms. The smallest absolute Gasteiger partial charge is 0.313 e. The normalized spacial score (nSPS) is 16.3. The molecule has 7 heteroatoms. The van der Waals surface area contributed by atoms with E-state index in [-0.39, 0.29) is 12.8 Å². The van der Waals surface area contributed by atoms with Crippen molar-refractivity contribution in [3.63, 3.8) is 0 Å². The molecule has 6 rings (SSSR count). The van der Waals surface area contributed by atoms with Crippen LogP contribution >= 0.6 is 0 Å². The van der Waals surface area contributed by atoms with Crippen LogP contribution in [0.25, 0.3) is 44.4 Å². The number of hydrogen-bond acceptors (Lipinski definition) is 5. The molecule has 0 unspecified atom stereocenters. The van der Waals surface area contributed by atoms with Gasteiger partial charge in [0.05, 0.1) is 35.6 Å². The van der Waals surface area contributed by atoms with Crippen molar-refractivity contribution < 1.29 is 14.3 Å². The molecule has 3 aromatic rings. The Kier molecular flexibility index (Phi) is 5.44. The SMILES string of the molecule is CC1=C2CCC(=O)OC(=O)CCC3=C(C)c4cc5[nH]c(cc5C)cc5[nH]c(cc1nc2cc3n4)cc5C.